The third-order valence-corrected chi connectivity index (χ3v) is 3.61. The molecule has 0 heterocycles. The zero-order valence-electron chi connectivity index (χ0n) is 11.7. The van der Waals surface area contributed by atoms with Gasteiger partial charge in [-0.2, -0.15) is 0 Å². The van der Waals surface area contributed by atoms with Gasteiger partial charge in [0.2, 0.25) is 5.91 Å². The second kappa shape index (κ2) is 7.10. The lowest BCUT2D eigenvalue weighted by atomic mass is 9.92. The molecule has 20 heavy (non-hydrogen) atoms. The number of ether oxygens (including phenoxy) is 1. The molecule has 108 valence electrons. The minimum Gasteiger partial charge on any atom is -0.496 e. The molecule has 0 aromatic heterocycles. The fraction of sp³-hybridized carbons (Fsp3) is 0.438. The molecule has 0 saturated heterocycles. The first-order valence-electron chi connectivity index (χ1n) is 7.00. The molecule has 1 amide bonds. The number of carbonyl (C=O) groups excluding carboxylic acids is 1. The minimum absolute atomic E-state index is 0.126. The third-order valence-electron chi connectivity index (χ3n) is 3.61. The second-order valence-electron chi connectivity index (χ2n) is 5.04. The van der Waals surface area contributed by atoms with Crippen LogP contribution in [0.2, 0.25) is 0 Å². The zero-order valence-corrected chi connectivity index (χ0v) is 11.7. The first-order valence-corrected chi connectivity index (χ1v) is 7.00. The van der Waals surface area contributed by atoms with Gasteiger partial charge in [0.25, 0.3) is 0 Å². The standard InChI is InChI=1S/C16H21NO3/c1-20-15-9-5-2-6-12(15)10-11-16(19)17-13-7-3-4-8-14(13)18/h2,5-6,9-11,13-14,18H,3-4,7-8H2,1H3,(H,17,19)/b11-10+/t13-,14-/m1/s1. The van der Waals surface area contributed by atoms with Crippen molar-refractivity contribution in [3.05, 3.63) is 35.9 Å². The van der Waals surface area contributed by atoms with Crippen LogP contribution in [0.5, 0.6) is 5.75 Å². The number of methoxy groups -OCH3 is 1. The van der Waals surface area contributed by atoms with Crippen LogP contribution in [0.4, 0.5) is 0 Å². The van der Waals surface area contributed by atoms with Crippen molar-refractivity contribution in [1.29, 1.82) is 0 Å². The zero-order chi connectivity index (χ0) is 14.4. The van der Waals surface area contributed by atoms with Gasteiger partial charge in [0, 0.05) is 11.6 Å². The lowest BCUT2D eigenvalue weighted by molar-refractivity contribution is -0.118. The van der Waals surface area contributed by atoms with Crippen molar-refractivity contribution in [2.45, 2.75) is 37.8 Å². The van der Waals surface area contributed by atoms with E-state index < -0.39 is 6.10 Å². The summed E-state index contributed by atoms with van der Waals surface area (Å²) in [5, 5.41) is 12.7. The summed E-state index contributed by atoms with van der Waals surface area (Å²) >= 11 is 0. The Morgan fingerprint density at radius 1 is 1.35 bits per heavy atom. The number of hydrogen-bond donors (Lipinski definition) is 2. The topological polar surface area (TPSA) is 58.6 Å². The van der Waals surface area contributed by atoms with Gasteiger partial charge in [-0.3, -0.25) is 4.79 Å². The van der Waals surface area contributed by atoms with Gasteiger partial charge in [-0.15, -0.1) is 0 Å². The third kappa shape index (κ3) is 3.84. The molecule has 4 nitrogen and oxygen atoms in total. The molecule has 0 radical (unpaired) electrons. The molecule has 0 aliphatic heterocycles. The van der Waals surface area contributed by atoms with Gasteiger partial charge >= 0.3 is 0 Å². The Morgan fingerprint density at radius 3 is 2.85 bits per heavy atom. The van der Waals surface area contributed by atoms with Crippen molar-refractivity contribution in [1.82, 2.24) is 5.32 Å². The summed E-state index contributed by atoms with van der Waals surface area (Å²) in [6, 6.07) is 7.39. The van der Waals surface area contributed by atoms with Crippen LogP contribution in [0.25, 0.3) is 6.08 Å². The van der Waals surface area contributed by atoms with Crippen molar-refractivity contribution >= 4 is 12.0 Å². The molecule has 4 heteroatoms. The van der Waals surface area contributed by atoms with Gasteiger partial charge in [0.05, 0.1) is 19.3 Å². The van der Waals surface area contributed by atoms with E-state index in [1.165, 1.54) is 6.08 Å². The van der Waals surface area contributed by atoms with Gasteiger partial charge < -0.3 is 15.2 Å². The first kappa shape index (κ1) is 14.6. The van der Waals surface area contributed by atoms with Crippen LogP contribution in [0.3, 0.4) is 0 Å². The number of amides is 1. The predicted molar refractivity (Wildman–Crippen MR) is 78.4 cm³/mol. The normalized spacial score (nSPS) is 22.7. The lowest BCUT2D eigenvalue weighted by Crippen LogP contribution is -2.44. The van der Waals surface area contributed by atoms with E-state index in [0.717, 1.165) is 37.0 Å². The Morgan fingerprint density at radius 2 is 2.10 bits per heavy atom. The SMILES string of the molecule is COc1ccccc1/C=C/C(=O)N[C@@H]1CCCC[C@H]1O. The smallest absolute Gasteiger partial charge is 0.244 e. The summed E-state index contributed by atoms with van der Waals surface area (Å²) < 4.78 is 5.22. The molecule has 2 N–H and O–H groups in total. The van der Waals surface area contributed by atoms with Crippen LogP contribution >= 0.6 is 0 Å². The molecule has 1 aliphatic carbocycles. The van der Waals surface area contributed by atoms with Crippen molar-refractivity contribution in [2.75, 3.05) is 7.11 Å². The molecule has 1 aromatic rings. The van der Waals surface area contributed by atoms with Gasteiger partial charge in [-0.1, -0.05) is 31.0 Å². The Bertz CT molecular complexity index is 484. The van der Waals surface area contributed by atoms with E-state index in [2.05, 4.69) is 5.32 Å². The fourth-order valence-electron chi connectivity index (χ4n) is 2.48. The lowest BCUT2D eigenvalue weighted by Gasteiger charge is -2.27. The van der Waals surface area contributed by atoms with E-state index in [9.17, 15) is 9.90 Å². The summed E-state index contributed by atoms with van der Waals surface area (Å²) in [6.45, 7) is 0. The first-order chi connectivity index (χ1) is 9.70. The van der Waals surface area contributed by atoms with Crippen molar-refractivity contribution < 1.29 is 14.6 Å². The average molecular weight is 275 g/mol. The number of para-hydroxylation sites is 1. The monoisotopic (exact) mass is 275 g/mol. The highest BCUT2D eigenvalue weighted by atomic mass is 16.5. The summed E-state index contributed by atoms with van der Waals surface area (Å²) in [5.74, 6) is 0.552. The molecule has 1 aliphatic rings. The predicted octanol–water partition coefficient (Wildman–Crippen LogP) is 2.13. The molecule has 1 fully saturated rings. The number of nitrogens with one attached hydrogen (secondary N) is 1. The maximum atomic E-state index is 11.9. The van der Waals surface area contributed by atoms with Crippen molar-refractivity contribution in [2.24, 2.45) is 0 Å². The maximum absolute atomic E-state index is 11.9. The number of carbonyl (C=O) groups is 1. The largest absolute Gasteiger partial charge is 0.496 e. The van der Waals surface area contributed by atoms with Crippen LogP contribution in [-0.4, -0.2) is 30.3 Å². The fourth-order valence-corrected chi connectivity index (χ4v) is 2.48. The van der Waals surface area contributed by atoms with Crippen LogP contribution in [0.15, 0.2) is 30.3 Å². The summed E-state index contributed by atoms with van der Waals surface area (Å²) in [4.78, 5) is 11.9. The molecule has 2 atom stereocenters. The van der Waals surface area contributed by atoms with E-state index in [1.807, 2.05) is 24.3 Å². The number of hydrogen-bond acceptors (Lipinski definition) is 3. The van der Waals surface area contributed by atoms with Crippen LogP contribution in [-0.2, 0) is 4.79 Å². The molecule has 0 unspecified atom stereocenters. The molecule has 0 bridgehead atoms. The molecular formula is C16H21NO3. The summed E-state index contributed by atoms with van der Waals surface area (Å²) in [7, 11) is 1.60. The molecule has 0 spiro atoms. The van der Waals surface area contributed by atoms with E-state index in [-0.39, 0.29) is 11.9 Å². The van der Waals surface area contributed by atoms with Crippen LogP contribution in [0.1, 0.15) is 31.2 Å². The number of rotatable bonds is 4. The molecular weight excluding hydrogens is 254 g/mol. The molecule has 1 aromatic carbocycles. The van der Waals surface area contributed by atoms with Crippen molar-refractivity contribution in [3.8, 4) is 5.75 Å². The Labute approximate surface area is 119 Å². The van der Waals surface area contributed by atoms with Crippen LogP contribution in [0, 0.1) is 0 Å². The van der Waals surface area contributed by atoms with Crippen LogP contribution < -0.4 is 10.1 Å². The average Bonchev–Trinajstić information content (AvgIpc) is 2.48. The summed E-state index contributed by atoms with van der Waals surface area (Å²) in [5.41, 5.74) is 0.856. The highest BCUT2D eigenvalue weighted by molar-refractivity contribution is 5.92. The van der Waals surface area contributed by atoms with E-state index in [1.54, 1.807) is 13.2 Å². The minimum atomic E-state index is -0.424. The highest BCUT2D eigenvalue weighted by Crippen LogP contribution is 2.20. The molecule has 2 rings (SSSR count). The van der Waals surface area contributed by atoms with Gasteiger partial charge in [0.15, 0.2) is 0 Å². The van der Waals surface area contributed by atoms with Gasteiger partial charge in [0.1, 0.15) is 5.75 Å². The maximum Gasteiger partial charge on any atom is 0.244 e. The number of benzene rings is 1. The Hall–Kier alpha value is -1.81. The highest BCUT2D eigenvalue weighted by Gasteiger charge is 2.23. The summed E-state index contributed by atoms with van der Waals surface area (Å²) in [6.07, 6.45) is 6.48. The quantitative estimate of drug-likeness (QED) is 0.828. The van der Waals surface area contributed by atoms with E-state index in [0.29, 0.717) is 0 Å². The Balaban J connectivity index is 1.95. The Kier molecular flexibility index (Phi) is 5.18. The van der Waals surface area contributed by atoms with E-state index in [4.69, 9.17) is 4.74 Å². The van der Waals surface area contributed by atoms with Crippen molar-refractivity contribution in [3.63, 3.8) is 0 Å². The van der Waals surface area contributed by atoms with E-state index >= 15 is 0 Å². The van der Waals surface area contributed by atoms with Gasteiger partial charge in [-0.25, -0.2) is 0 Å². The van der Waals surface area contributed by atoms with Gasteiger partial charge in [-0.05, 0) is 25.0 Å². The molecule has 1 saturated carbocycles. The number of aliphatic hydroxyl groups excluding tert-OH is 1. The second-order valence-corrected chi connectivity index (χ2v) is 5.04. The number of aliphatic hydroxyl groups is 1.